The molecule has 0 spiro atoms. The van der Waals surface area contributed by atoms with Gasteiger partial charge in [-0.15, -0.1) is 0 Å². The SMILES string of the molecule is CCC(C)(Pc1ccccc1C=NC(C)(C)C)c1cc(C)ccc1OCc1ccccc1. The van der Waals surface area contributed by atoms with Crippen molar-refractivity contribution >= 4 is 20.1 Å². The molecule has 3 aromatic rings. The normalized spacial score (nSPS) is 14.2. The van der Waals surface area contributed by atoms with Gasteiger partial charge in [0.1, 0.15) is 12.4 Å². The summed E-state index contributed by atoms with van der Waals surface area (Å²) in [4.78, 5) is 4.77. The van der Waals surface area contributed by atoms with Crippen LogP contribution < -0.4 is 10.0 Å². The van der Waals surface area contributed by atoms with Gasteiger partial charge in [-0.1, -0.05) is 94.7 Å². The maximum atomic E-state index is 6.36. The van der Waals surface area contributed by atoms with Crippen molar-refractivity contribution in [2.75, 3.05) is 0 Å². The van der Waals surface area contributed by atoms with Crippen LogP contribution in [0.1, 0.15) is 63.3 Å². The lowest BCUT2D eigenvalue weighted by molar-refractivity contribution is 0.299. The van der Waals surface area contributed by atoms with Gasteiger partial charge in [0.2, 0.25) is 0 Å². The average molecular weight is 446 g/mol. The van der Waals surface area contributed by atoms with Crippen LogP contribution in [0.2, 0.25) is 0 Å². The maximum absolute atomic E-state index is 6.36. The van der Waals surface area contributed by atoms with Crippen molar-refractivity contribution in [1.82, 2.24) is 0 Å². The quantitative estimate of drug-likeness (QED) is 0.261. The molecular weight excluding hydrogens is 409 g/mol. The fourth-order valence-corrected chi connectivity index (χ4v) is 5.14. The Morgan fingerprint density at radius 2 is 1.59 bits per heavy atom. The number of ether oxygens (including phenoxy) is 1. The van der Waals surface area contributed by atoms with E-state index in [9.17, 15) is 0 Å². The van der Waals surface area contributed by atoms with Crippen molar-refractivity contribution in [2.45, 2.75) is 65.3 Å². The van der Waals surface area contributed by atoms with E-state index in [4.69, 9.17) is 9.73 Å². The molecule has 0 saturated heterocycles. The van der Waals surface area contributed by atoms with E-state index in [0.29, 0.717) is 15.2 Å². The summed E-state index contributed by atoms with van der Waals surface area (Å²) in [5, 5.41) is 1.32. The first kappa shape index (κ1) is 24.2. The largest absolute Gasteiger partial charge is 0.489 e. The molecule has 0 aliphatic heterocycles. The molecular formula is C29H36NOP. The molecule has 3 aromatic carbocycles. The maximum Gasteiger partial charge on any atom is 0.123 e. The molecule has 32 heavy (non-hydrogen) atoms. The Balaban J connectivity index is 1.94. The summed E-state index contributed by atoms with van der Waals surface area (Å²) in [7, 11) is 0.611. The zero-order valence-electron chi connectivity index (χ0n) is 20.3. The van der Waals surface area contributed by atoms with E-state index in [1.807, 2.05) is 12.3 Å². The lowest BCUT2D eigenvalue weighted by Crippen LogP contribution is -2.21. The minimum atomic E-state index is -0.0841. The lowest BCUT2D eigenvalue weighted by atomic mass is 9.95. The second-order valence-electron chi connectivity index (χ2n) is 9.60. The predicted octanol–water partition coefficient (Wildman–Crippen LogP) is 7.42. The first-order valence-electron chi connectivity index (χ1n) is 11.4. The Labute approximate surface area is 195 Å². The molecule has 0 heterocycles. The third-order valence-corrected chi connectivity index (χ3v) is 7.54. The molecule has 3 rings (SSSR count). The zero-order valence-corrected chi connectivity index (χ0v) is 21.3. The number of aryl methyl sites for hydroxylation is 1. The van der Waals surface area contributed by atoms with Crippen LogP contribution in [0, 0.1) is 6.92 Å². The summed E-state index contributed by atoms with van der Waals surface area (Å²) < 4.78 is 6.36. The van der Waals surface area contributed by atoms with E-state index < -0.39 is 0 Å². The third kappa shape index (κ3) is 6.53. The van der Waals surface area contributed by atoms with Gasteiger partial charge in [-0.3, -0.25) is 4.99 Å². The minimum Gasteiger partial charge on any atom is -0.489 e. The Morgan fingerprint density at radius 1 is 0.906 bits per heavy atom. The van der Waals surface area contributed by atoms with Crippen LogP contribution in [0.15, 0.2) is 77.8 Å². The number of rotatable bonds is 8. The first-order chi connectivity index (χ1) is 15.2. The Hall–Kier alpha value is -2.44. The minimum absolute atomic E-state index is 0.0241. The molecule has 0 bridgehead atoms. The molecule has 0 aliphatic rings. The monoisotopic (exact) mass is 445 g/mol. The highest BCUT2D eigenvalue weighted by Crippen LogP contribution is 2.48. The molecule has 2 nitrogen and oxygen atoms in total. The second kappa shape index (κ2) is 10.5. The predicted molar refractivity (Wildman–Crippen MR) is 141 cm³/mol. The molecule has 0 radical (unpaired) electrons. The molecule has 2 atom stereocenters. The fourth-order valence-electron chi connectivity index (χ4n) is 3.57. The van der Waals surface area contributed by atoms with Crippen LogP contribution in [0.3, 0.4) is 0 Å². The highest BCUT2D eigenvalue weighted by molar-refractivity contribution is 7.48. The van der Waals surface area contributed by atoms with Crippen LogP contribution >= 0.6 is 8.58 Å². The Bertz CT molecular complexity index is 1050. The molecule has 168 valence electrons. The van der Waals surface area contributed by atoms with Gasteiger partial charge in [0.25, 0.3) is 0 Å². The van der Waals surface area contributed by atoms with Gasteiger partial charge in [0.15, 0.2) is 0 Å². The third-order valence-electron chi connectivity index (χ3n) is 5.64. The number of benzene rings is 3. The van der Waals surface area contributed by atoms with Gasteiger partial charge in [-0.2, -0.15) is 0 Å². The summed E-state index contributed by atoms with van der Waals surface area (Å²) in [6.45, 7) is 13.8. The molecule has 0 N–H and O–H groups in total. The fraction of sp³-hybridized carbons (Fsp3) is 0.345. The Kier molecular flexibility index (Phi) is 7.91. The summed E-state index contributed by atoms with van der Waals surface area (Å²) in [6, 6.07) is 25.6. The van der Waals surface area contributed by atoms with Crippen molar-refractivity contribution < 1.29 is 4.74 Å². The van der Waals surface area contributed by atoms with Crippen molar-refractivity contribution in [3.63, 3.8) is 0 Å². The van der Waals surface area contributed by atoms with E-state index in [1.165, 1.54) is 27.6 Å². The summed E-state index contributed by atoms with van der Waals surface area (Å²) >= 11 is 0. The number of hydrogen-bond donors (Lipinski definition) is 0. The van der Waals surface area contributed by atoms with Gasteiger partial charge in [0, 0.05) is 16.9 Å². The number of hydrogen-bond acceptors (Lipinski definition) is 2. The molecule has 0 saturated carbocycles. The van der Waals surface area contributed by atoms with Crippen molar-refractivity contribution in [2.24, 2.45) is 4.99 Å². The van der Waals surface area contributed by atoms with Gasteiger partial charge < -0.3 is 4.74 Å². The van der Waals surface area contributed by atoms with Crippen LogP contribution in [-0.2, 0) is 11.8 Å². The molecule has 3 heteroatoms. The standard InChI is InChI=1S/C29H36NOP/c1-7-29(6,32-27-16-12-11-15-24(27)20-30-28(3,4)5)25-19-22(2)17-18-26(25)31-21-23-13-9-8-10-14-23/h8-20,32H,7,21H2,1-6H3. The van der Waals surface area contributed by atoms with Crippen LogP contribution in [0.5, 0.6) is 5.75 Å². The van der Waals surface area contributed by atoms with Crippen molar-refractivity contribution in [3.8, 4) is 5.75 Å². The van der Waals surface area contributed by atoms with Gasteiger partial charge >= 0.3 is 0 Å². The topological polar surface area (TPSA) is 21.6 Å². The summed E-state index contributed by atoms with van der Waals surface area (Å²) in [5.41, 5.74) is 4.86. The van der Waals surface area contributed by atoms with Crippen molar-refractivity contribution in [3.05, 3.63) is 95.1 Å². The first-order valence-corrected chi connectivity index (χ1v) is 12.4. The zero-order chi connectivity index (χ0) is 23.2. The highest BCUT2D eigenvalue weighted by Gasteiger charge is 2.29. The molecule has 0 fully saturated rings. The lowest BCUT2D eigenvalue weighted by Gasteiger charge is -2.32. The average Bonchev–Trinajstić information content (AvgIpc) is 2.77. The molecule has 0 aromatic heterocycles. The Morgan fingerprint density at radius 3 is 2.28 bits per heavy atom. The van der Waals surface area contributed by atoms with Gasteiger partial charge in [-0.05, 0) is 56.6 Å². The summed E-state index contributed by atoms with van der Waals surface area (Å²) in [5.74, 6) is 0.983. The number of aliphatic imine (C=N–C) groups is 1. The van der Waals surface area contributed by atoms with E-state index in [0.717, 1.165) is 12.2 Å². The molecule has 2 unspecified atom stereocenters. The van der Waals surface area contributed by atoms with E-state index in [2.05, 4.69) is 108 Å². The van der Waals surface area contributed by atoms with E-state index in [-0.39, 0.29) is 10.7 Å². The smallest absolute Gasteiger partial charge is 0.123 e. The van der Waals surface area contributed by atoms with Crippen LogP contribution in [0.25, 0.3) is 0 Å². The van der Waals surface area contributed by atoms with Gasteiger partial charge in [0.05, 0.1) is 5.54 Å². The second-order valence-corrected chi connectivity index (χ2v) is 11.5. The molecule has 0 amide bonds. The highest BCUT2D eigenvalue weighted by atomic mass is 31.1. The van der Waals surface area contributed by atoms with E-state index in [1.54, 1.807) is 0 Å². The van der Waals surface area contributed by atoms with Crippen LogP contribution in [0.4, 0.5) is 0 Å². The molecule has 0 aliphatic carbocycles. The van der Waals surface area contributed by atoms with Gasteiger partial charge in [-0.25, -0.2) is 0 Å². The summed E-state index contributed by atoms with van der Waals surface area (Å²) in [6.07, 6.45) is 3.07. The van der Waals surface area contributed by atoms with E-state index >= 15 is 0 Å². The van der Waals surface area contributed by atoms with Crippen molar-refractivity contribution in [1.29, 1.82) is 0 Å². The van der Waals surface area contributed by atoms with Crippen LogP contribution in [-0.4, -0.2) is 11.8 Å². The number of nitrogens with zero attached hydrogens (tertiary/aromatic N) is 1.